The van der Waals surface area contributed by atoms with E-state index in [-0.39, 0.29) is 0 Å². The monoisotopic (exact) mass is 228 g/mol. The lowest BCUT2D eigenvalue weighted by Crippen LogP contribution is -2.29. The molecule has 0 aliphatic rings. The Morgan fingerprint density at radius 3 is 2.93 bits per heavy atom. The molecule has 1 aromatic heterocycles. The topological polar surface area (TPSA) is 34.1 Å². The molecule has 3 nitrogen and oxygen atoms in total. The average Bonchev–Trinajstić information content (AvgIpc) is 2.71. The molecular formula is C11H20N2OS. The lowest BCUT2D eigenvalue weighted by Gasteiger charge is -2.12. The average molecular weight is 228 g/mol. The van der Waals surface area contributed by atoms with Gasteiger partial charge in [0.25, 0.3) is 0 Å². The largest absolute Gasteiger partial charge is 0.380 e. The van der Waals surface area contributed by atoms with Gasteiger partial charge in [0.15, 0.2) is 0 Å². The van der Waals surface area contributed by atoms with Gasteiger partial charge < -0.3 is 10.1 Å². The molecule has 1 heterocycles. The summed E-state index contributed by atoms with van der Waals surface area (Å²) < 4.78 is 5.34. The van der Waals surface area contributed by atoms with Crippen LogP contribution in [0.25, 0.3) is 0 Å². The molecule has 0 amide bonds. The molecular weight excluding hydrogens is 208 g/mol. The molecule has 0 saturated carbocycles. The van der Waals surface area contributed by atoms with Crippen molar-refractivity contribution in [2.45, 2.75) is 39.8 Å². The molecule has 1 atom stereocenters. The van der Waals surface area contributed by atoms with Gasteiger partial charge in [0.2, 0.25) is 0 Å². The molecule has 4 heteroatoms. The molecule has 1 rings (SSSR count). The lowest BCUT2D eigenvalue weighted by molar-refractivity contribution is 0.127. The van der Waals surface area contributed by atoms with Gasteiger partial charge in [-0.3, -0.25) is 0 Å². The van der Waals surface area contributed by atoms with E-state index in [0.29, 0.717) is 6.04 Å². The maximum Gasteiger partial charge on any atom is 0.0925 e. The predicted octanol–water partition coefficient (Wildman–Crippen LogP) is 2.22. The molecule has 0 radical (unpaired) electrons. The van der Waals surface area contributed by atoms with Crippen LogP contribution >= 0.6 is 11.3 Å². The maximum absolute atomic E-state index is 5.34. The van der Waals surface area contributed by atoms with Gasteiger partial charge >= 0.3 is 0 Å². The number of hydrogen-bond acceptors (Lipinski definition) is 4. The fourth-order valence-electron chi connectivity index (χ4n) is 1.22. The number of aryl methyl sites for hydroxylation is 1. The third kappa shape index (κ3) is 4.73. The lowest BCUT2D eigenvalue weighted by atomic mass is 10.3. The Balaban J connectivity index is 2.24. The minimum absolute atomic E-state index is 0.400. The summed E-state index contributed by atoms with van der Waals surface area (Å²) in [5, 5.41) is 4.63. The van der Waals surface area contributed by atoms with Crippen LogP contribution in [0, 0.1) is 0 Å². The van der Waals surface area contributed by atoms with Gasteiger partial charge in [-0.15, -0.1) is 11.3 Å². The zero-order valence-corrected chi connectivity index (χ0v) is 10.6. The Morgan fingerprint density at radius 2 is 2.33 bits per heavy atom. The molecule has 0 saturated heterocycles. The first-order valence-corrected chi connectivity index (χ1v) is 6.32. The molecule has 0 aliphatic carbocycles. The summed E-state index contributed by atoms with van der Waals surface area (Å²) in [5.41, 5.74) is 0. The van der Waals surface area contributed by atoms with E-state index in [9.17, 15) is 0 Å². The molecule has 1 unspecified atom stereocenters. The molecule has 0 aliphatic heterocycles. The van der Waals surface area contributed by atoms with Crippen LogP contribution in [0.2, 0.25) is 0 Å². The zero-order valence-electron chi connectivity index (χ0n) is 9.75. The van der Waals surface area contributed by atoms with Crippen LogP contribution in [0.15, 0.2) is 6.20 Å². The van der Waals surface area contributed by atoms with Crippen molar-refractivity contribution in [2.24, 2.45) is 0 Å². The smallest absolute Gasteiger partial charge is 0.0925 e. The summed E-state index contributed by atoms with van der Waals surface area (Å²) in [5.74, 6) is 0. The summed E-state index contributed by atoms with van der Waals surface area (Å²) in [7, 11) is 0. The highest BCUT2D eigenvalue weighted by molar-refractivity contribution is 7.11. The molecule has 0 spiro atoms. The molecule has 15 heavy (non-hydrogen) atoms. The summed E-state index contributed by atoms with van der Waals surface area (Å²) in [6.07, 6.45) is 2.99. The highest BCUT2D eigenvalue weighted by atomic mass is 32.1. The van der Waals surface area contributed by atoms with E-state index in [1.54, 1.807) is 11.3 Å². The molecule has 86 valence electrons. The Kier molecular flexibility index (Phi) is 5.83. The number of aromatic nitrogens is 1. The van der Waals surface area contributed by atoms with Crippen molar-refractivity contribution in [1.29, 1.82) is 0 Å². The van der Waals surface area contributed by atoms with Crippen LogP contribution in [0.5, 0.6) is 0 Å². The van der Waals surface area contributed by atoms with Gasteiger partial charge in [0.1, 0.15) is 0 Å². The highest BCUT2D eigenvalue weighted by Crippen LogP contribution is 2.12. The fraction of sp³-hybridized carbons (Fsp3) is 0.727. The van der Waals surface area contributed by atoms with E-state index < -0.39 is 0 Å². The van der Waals surface area contributed by atoms with E-state index >= 15 is 0 Å². The molecule has 1 aromatic rings. The number of nitrogens with one attached hydrogen (secondary N) is 1. The third-order valence-electron chi connectivity index (χ3n) is 2.10. The van der Waals surface area contributed by atoms with Gasteiger partial charge in [-0.25, -0.2) is 4.98 Å². The van der Waals surface area contributed by atoms with Gasteiger partial charge in [-0.2, -0.15) is 0 Å². The molecule has 0 bridgehead atoms. The third-order valence-corrected chi connectivity index (χ3v) is 3.24. The summed E-state index contributed by atoms with van der Waals surface area (Å²) >= 11 is 1.78. The van der Waals surface area contributed by atoms with Gasteiger partial charge in [-0.05, 0) is 20.3 Å². The van der Waals surface area contributed by atoms with Gasteiger partial charge in [-0.1, -0.05) is 6.92 Å². The second-order valence-corrected chi connectivity index (χ2v) is 4.72. The van der Waals surface area contributed by atoms with Crippen LogP contribution in [-0.4, -0.2) is 24.2 Å². The van der Waals surface area contributed by atoms with Crippen molar-refractivity contribution >= 4 is 11.3 Å². The maximum atomic E-state index is 5.34. The van der Waals surface area contributed by atoms with Gasteiger partial charge in [0, 0.05) is 30.3 Å². The zero-order chi connectivity index (χ0) is 11.1. The van der Waals surface area contributed by atoms with Crippen LogP contribution in [-0.2, 0) is 17.7 Å². The predicted molar refractivity (Wildman–Crippen MR) is 64.3 cm³/mol. The number of rotatable bonds is 7. The van der Waals surface area contributed by atoms with Crippen LogP contribution < -0.4 is 5.32 Å². The van der Waals surface area contributed by atoms with Crippen molar-refractivity contribution in [3.05, 3.63) is 16.1 Å². The first kappa shape index (κ1) is 12.6. The minimum atomic E-state index is 0.400. The van der Waals surface area contributed by atoms with Crippen molar-refractivity contribution < 1.29 is 4.74 Å². The summed E-state index contributed by atoms with van der Waals surface area (Å²) in [6.45, 7) is 8.74. The van der Waals surface area contributed by atoms with Gasteiger partial charge in [0.05, 0.1) is 11.6 Å². The Hall–Kier alpha value is -0.450. The van der Waals surface area contributed by atoms with E-state index in [4.69, 9.17) is 4.74 Å². The van der Waals surface area contributed by atoms with Crippen molar-refractivity contribution in [3.8, 4) is 0 Å². The molecule has 1 N–H and O–H groups in total. The number of hydrogen-bond donors (Lipinski definition) is 1. The van der Waals surface area contributed by atoms with Crippen LogP contribution in [0.3, 0.4) is 0 Å². The van der Waals surface area contributed by atoms with Crippen LogP contribution in [0.1, 0.15) is 30.7 Å². The van der Waals surface area contributed by atoms with E-state index in [2.05, 4.69) is 24.1 Å². The number of nitrogens with zero attached hydrogens (tertiary/aromatic N) is 1. The molecule has 0 aromatic carbocycles. The second kappa shape index (κ2) is 6.93. The first-order valence-electron chi connectivity index (χ1n) is 5.51. The number of thiazole rings is 1. The standard InChI is InChI=1S/C11H20N2OS/c1-4-11-13-7-10(15-11)6-12-9(3)8-14-5-2/h7,9,12H,4-6,8H2,1-3H3. The SMILES string of the molecule is CCOCC(C)NCc1cnc(CC)s1. The summed E-state index contributed by atoms with van der Waals surface area (Å²) in [6, 6.07) is 0.400. The normalized spacial score (nSPS) is 13.0. The van der Waals surface area contributed by atoms with Crippen molar-refractivity contribution in [2.75, 3.05) is 13.2 Å². The highest BCUT2D eigenvalue weighted by Gasteiger charge is 2.03. The Bertz CT molecular complexity index is 275. The first-order chi connectivity index (χ1) is 7.26. The van der Waals surface area contributed by atoms with Crippen molar-refractivity contribution in [1.82, 2.24) is 10.3 Å². The van der Waals surface area contributed by atoms with Crippen LogP contribution in [0.4, 0.5) is 0 Å². The summed E-state index contributed by atoms with van der Waals surface area (Å²) in [4.78, 5) is 5.62. The minimum Gasteiger partial charge on any atom is -0.380 e. The fourth-order valence-corrected chi connectivity index (χ4v) is 2.03. The van der Waals surface area contributed by atoms with Crippen molar-refractivity contribution in [3.63, 3.8) is 0 Å². The Labute approximate surface area is 95.9 Å². The van der Waals surface area contributed by atoms with E-state index in [1.165, 1.54) is 9.88 Å². The number of ether oxygens (including phenoxy) is 1. The second-order valence-electron chi connectivity index (χ2n) is 3.52. The van der Waals surface area contributed by atoms with E-state index in [0.717, 1.165) is 26.2 Å². The quantitative estimate of drug-likeness (QED) is 0.777. The molecule has 0 fully saturated rings. The van der Waals surface area contributed by atoms with E-state index in [1.807, 2.05) is 13.1 Å². The Morgan fingerprint density at radius 1 is 1.53 bits per heavy atom.